The molecule has 3 nitrogen and oxygen atoms in total. The highest BCUT2D eigenvalue weighted by atomic mass is 15.1. The van der Waals surface area contributed by atoms with Crippen LogP contribution in [0.5, 0.6) is 0 Å². The fraction of sp³-hybridized carbons (Fsp3) is 0.455. The first-order chi connectivity index (χ1) is 6.48. The molecule has 0 saturated carbocycles. The molecular weight excluding hydrogens is 174 g/mol. The van der Waals surface area contributed by atoms with Crippen LogP contribution in [0.15, 0.2) is 18.5 Å². The van der Waals surface area contributed by atoms with Gasteiger partial charge in [0.15, 0.2) is 0 Å². The van der Waals surface area contributed by atoms with Crippen molar-refractivity contribution < 1.29 is 0 Å². The molecule has 2 heterocycles. The minimum absolute atomic E-state index is 0.0720. The first-order valence-electron chi connectivity index (χ1n) is 4.80. The van der Waals surface area contributed by atoms with E-state index >= 15 is 0 Å². The average molecular weight is 189 g/mol. The van der Waals surface area contributed by atoms with Gasteiger partial charge in [0.05, 0.1) is 0 Å². The van der Waals surface area contributed by atoms with Gasteiger partial charge in [-0.25, -0.2) is 9.97 Å². The van der Waals surface area contributed by atoms with Gasteiger partial charge in [-0.15, -0.1) is 0 Å². The fourth-order valence-corrected chi connectivity index (χ4v) is 1.54. The Balaban J connectivity index is 2.73. The molecule has 0 atom stereocenters. The Bertz CT molecular complexity index is 463. The first kappa shape index (κ1) is 9.19. The Morgan fingerprint density at radius 3 is 2.64 bits per heavy atom. The van der Waals surface area contributed by atoms with Crippen molar-refractivity contribution in [3.63, 3.8) is 0 Å². The molecule has 74 valence electrons. The van der Waals surface area contributed by atoms with Crippen molar-refractivity contribution in [2.24, 2.45) is 0 Å². The smallest absolute Gasteiger partial charge is 0.144 e. The zero-order valence-corrected chi connectivity index (χ0v) is 9.07. The van der Waals surface area contributed by atoms with Gasteiger partial charge >= 0.3 is 0 Å². The van der Waals surface area contributed by atoms with Crippen LogP contribution in [-0.4, -0.2) is 14.5 Å². The van der Waals surface area contributed by atoms with Crippen molar-refractivity contribution in [1.29, 1.82) is 0 Å². The largest absolute Gasteiger partial charge is 0.327 e. The number of fused-ring (bicyclic) bond motifs is 1. The number of hydrogen-bond acceptors (Lipinski definition) is 2. The average Bonchev–Trinajstić information content (AvgIpc) is 2.45. The second-order valence-corrected chi connectivity index (χ2v) is 4.55. The number of rotatable bonds is 0. The summed E-state index contributed by atoms with van der Waals surface area (Å²) in [5, 5.41) is 1.10. The topological polar surface area (TPSA) is 30.7 Å². The van der Waals surface area contributed by atoms with E-state index in [1.165, 1.54) is 0 Å². The second kappa shape index (κ2) is 2.80. The van der Waals surface area contributed by atoms with Gasteiger partial charge in [0.1, 0.15) is 11.5 Å². The Kier molecular flexibility index (Phi) is 1.84. The number of hydrogen-bond donors (Lipinski definition) is 0. The van der Waals surface area contributed by atoms with Crippen molar-refractivity contribution in [3.8, 4) is 0 Å². The van der Waals surface area contributed by atoms with Crippen LogP contribution in [0.3, 0.4) is 0 Å². The highest BCUT2D eigenvalue weighted by Gasteiger charge is 2.15. The quantitative estimate of drug-likeness (QED) is 0.637. The zero-order chi connectivity index (χ0) is 10.3. The molecule has 2 rings (SSSR count). The lowest BCUT2D eigenvalue weighted by Crippen LogP contribution is -2.21. The van der Waals surface area contributed by atoms with E-state index in [0.29, 0.717) is 0 Å². The standard InChI is InChI=1S/C11H15N3/c1-8-12-7-9-5-6-14(10(9)13-8)11(2,3)4/h5-7H,1-4H3. The number of nitrogens with zero attached hydrogens (tertiary/aromatic N) is 3. The molecule has 3 heteroatoms. The lowest BCUT2D eigenvalue weighted by Gasteiger charge is -2.21. The Hall–Kier alpha value is -1.38. The summed E-state index contributed by atoms with van der Waals surface area (Å²) in [6.45, 7) is 8.43. The molecule has 0 aliphatic rings. The van der Waals surface area contributed by atoms with Crippen LogP contribution in [0.25, 0.3) is 11.0 Å². The van der Waals surface area contributed by atoms with Crippen LogP contribution in [0.4, 0.5) is 0 Å². The van der Waals surface area contributed by atoms with E-state index in [4.69, 9.17) is 0 Å². The Labute approximate surface area is 83.8 Å². The van der Waals surface area contributed by atoms with Gasteiger partial charge in [-0.05, 0) is 33.8 Å². The van der Waals surface area contributed by atoms with Crippen LogP contribution in [-0.2, 0) is 5.54 Å². The molecule has 2 aromatic heterocycles. The lowest BCUT2D eigenvalue weighted by atomic mass is 10.1. The first-order valence-corrected chi connectivity index (χ1v) is 4.80. The molecule has 0 aliphatic heterocycles. The highest BCUT2D eigenvalue weighted by molar-refractivity contribution is 5.75. The third-order valence-electron chi connectivity index (χ3n) is 2.27. The summed E-state index contributed by atoms with van der Waals surface area (Å²) in [7, 11) is 0. The molecule has 0 unspecified atom stereocenters. The van der Waals surface area contributed by atoms with Gasteiger partial charge in [-0.1, -0.05) is 0 Å². The van der Waals surface area contributed by atoms with Crippen LogP contribution in [0, 0.1) is 6.92 Å². The Morgan fingerprint density at radius 1 is 1.29 bits per heavy atom. The summed E-state index contributed by atoms with van der Waals surface area (Å²) >= 11 is 0. The molecular formula is C11H15N3. The molecule has 0 bridgehead atoms. The minimum Gasteiger partial charge on any atom is -0.327 e. The van der Waals surface area contributed by atoms with Gasteiger partial charge in [0, 0.05) is 23.3 Å². The molecule has 0 aromatic carbocycles. The normalized spacial score (nSPS) is 12.3. The maximum atomic E-state index is 4.45. The SMILES string of the molecule is Cc1ncc2ccn(C(C)(C)C)c2n1. The summed E-state index contributed by atoms with van der Waals surface area (Å²) < 4.78 is 2.18. The number of aromatic nitrogens is 3. The molecule has 0 N–H and O–H groups in total. The van der Waals surface area contributed by atoms with Crippen molar-refractivity contribution in [2.75, 3.05) is 0 Å². The maximum absolute atomic E-state index is 4.45. The molecule has 0 radical (unpaired) electrons. The van der Waals surface area contributed by atoms with Crippen molar-refractivity contribution in [1.82, 2.24) is 14.5 Å². The van der Waals surface area contributed by atoms with E-state index in [1.54, 1.807) is 0 Å². The second-order valence-electron chi connectivity index (χ2n) is 4.55. The fourth-order valence-electron chi connectivity index (χ4n) is 1.54. The summed E-state index contributed by atoms with van der Waals surface area (Å²) in [5.74, 6) is 0.821. The van der Waals surface area contributed by atoms with Crippen LogP contribution < -0.4 is 0 Å². The molecule has 14 heavy (non-hydrogen) atoms. The van der Waals surface area contributed by atoms with Crippen LogP contribution in [0.2, 0.25) is 0 Å². The van der Waals surface area contributed by atoms with E-state index in [0.717, 1.165) is 16.9 Å². The summed E-state index contributed by atoms with van der Waals surface area (Å²) in [5.41, 5.74) is 1.09. The summed E-state index contributed by atoms with van der Waals surface area (Å²) in [4.78, 5) is 8.63. The molecule has 2 aromatic rings. The van der Waals surface area contributed by atoms with Gasteiger partial charge in [-0.3, -0.25) is 0 Å². The van der Waals surface area contributed by atoms with Crippen molar-refractivity contribution >= 4 is 11.0 Å². The molecule has 0 aliphatic carbocycles. The van der Waals surface area contributed by atoms with Gasteiger partial charge in [0.25, 0.3) is 0 Å². The summed E-state index contributed by atoms with van der Waals surface area (Å²) in [6.07, 6.45) is 3.94. The van der Waals surface area contributed by atoms with Crippen molar-refractivity contribution in [2.45, 2.75) is 33.2 Å². The van der Waals surface area contributed by atoms with E-state index in [9.17, 15) is 0 Å². The third kappa shape index (κ3) is 1.39. The third-order valence-corrected chi connectivity index (χ3v) is 2.27. The minimum atomic E-state index is 0.0720. The molecule has 0 fully saturated rings. The monoisotopic (exact) mass is 189 g/mol. The van der Waals surface area contributed by atoms with E-state index in [1.807, 2.05) is 13.1 Å². The van der Waals surface area contributed by atoms with Gasteiger partial charge in [0.2, 0.25) is 0 Å². The maximum Gasteiger partial charge on any atom is 0.144 e. The van der Waals surface area contributed by atoms with Gasteiger partial charge < -0.3 is 4.57 Å². The number of aryl methyl sites for hydroxylation is 1. The lowest BCUT2D eigenvalue weighted by molar-refractivity contribution is 0.408. The predicted octanol–water partition coefficient (Wildman–Crippen LogP) is 2.49. The molecule has 0 spiro atoms. The van der Waals surface area contributed by atoms with Gasteiger partial charge in [-0.2, -0.15) is 0 Å². The van der Waals surface area contributed by atoms with E-state index < -0.39 is 0 Å². The zero-order valence-electron chi connectivity index (χ0n) is 9.07. The van der Waals surface area contributed by atoms with E-state index in [-0.39, 0.29) is 5.54 Å². The summed E-state index contributed by atoms with van der Waals surface area (Å²) in [6, 6.07) is 2.06. The van der Waals surface area contributed by atoms with E-state index in [2.05, 4.69) is 47.6 Å². The van der Waals surface area contributed by atoms with Crippen LogP contribution in [0.1, 0.15) is 26.6 Å². The molecule has 0 saturated heterocycles. The predicted molar refractivity (Wildman–Crippen MR) is 57.3 cm³/mol. The molecule has 0 amide bonds. The van der Waals surface area contributed by atoms with Crippen molar-refractivity contribution in [3.05, 3.63) is 24.3 Å². The highest BCUT2D eigenvalue weighted by Crippen LogP contribution is 2.21. The Morgan fingerprint density at radius 2 is 2.00 bits per heavy atom. The van der Waals surface area contributed by atoms with Crippen LogP contribution >= 0.6 is 0 Å².